The molecule has 1 N–H and O–H groups in total. The van der Waals surface area contributed by atoms with Gasteiger partial charge in [-0.1, -0.05) is 31.2 Å². The molecule has 19 heavy (non-hydrogen) atoms. The van der Waals surface area contributed by atoms with Crippen molar-refractivity contribution in [3.63, 3.8) is 0 Å². The lowest BCUT2D eigenvalue weighted by atomic mass is 9.99. The van der Waals surface area contributed by atoms with Crippen LogP contribution in [0.25, 0.3) is 0 Å². The van der Waals surface area contributed by atoms with Crippen LogP contribution in [-0.4, -0.2) is 23.0 Å². The van der Waals surface area contributed by atoms with E-state index in [-0.39, 0.29) is 5.54 Å². The molecule has 1 aromatic carbocycles. The first-order valence-corrected chi connectivity index (χ1v) is 7.23. The van der Waals surface area contributed by atoms with Crippen molar-refractivity contribution in [2.45, 2.75) is 50.9 Å². The third-order valence-electron chi connectivity index (χ3n) is 4.60. The van der Waals surface area contributed by atoms with E-state index in [1.54, 1.807) is 0 Å². The van der Waals surface area contributed by atoms with E-state index in [1.165, 1.54) is 11.1 Å². The van der Waals surface area contributed by atoms with E-state index >= 15 is 0 Å². The Kier molecular flexibility index (Phi) is 3.30. The van der Waals surface area contributed by atoms with Crippen LogP contribution in [0.1, 0.15) is 37.3 Å². The van der Waals surface area contributed by atoms with Crippen LogP contribution >= 0.6 is 0 Å². The van der Waals surface area contributed by atoms with Gasteiger partial charge in [-0.25, -0.2) is 0 Å². The summed E-state index contributed by atoms with van der Waals surface area (Å²) in [6.45, 7) is 5.06. The summed E-state index contributed by atoms with van der Waals surface area (Å²) in [5, 5.41) is 12.8. The maximum atomic E-state index is 9.45. The lowest BCUT2D eigenvalue weighted by Gasteiger charge is -2.26. The highest BCUT2D eigenvalue weighted by molar-refractivity contribution is 5.30. The van der Waals surface area contributed by atoms with Crippen molar-refractivity contribution in [3.05, 3.63) is 35.4 Å². The molecular weight excluding hydrogens is 234 g/mol. The molecule has 3 heteroatoms. The second kappa shape index (κ2) is 4.96. The lowest BCUT2D eigenvalue weighted by molar-refractivity contribution is 0.195. The molecule has 0 saturated heterocycles. The quantitative estimate of drug-likeness (QED) is 0.901. The number of benzene rings is 1. The SMILES string of the molecule is CCNC1(C#N)CCC(N2Cc3ccccc3C2)C1. The van der Waals surface area contributed by atoms with Crippen molar-refractivity contribution in [2.24, 2.45) is 0 Å². The second-order valence-electron chi connectivity index (χ2n) is 5.79. The standard InChI is InChI=1S/C16H21N3/c1-2-18-16(12-17)8-7-15(9-16)19-10-13-5-3-4-6-14(13)11-19/h3-6,15,18H,2,7-11H2,1H3. The minimum Gasteiger partial charge on any atom is -0.300 e. The zero-order chi connectivity index (χ0) is 13.3. The monoisotopic (exact) mass is 255 g/mol. The number of nitrogens with zero attached hydrogens (tertiary/aromatic N) is 2. The Labute approximate surface area is 115 Å². The van der Waals surface area contributed by atoms with Gasteiger partial charge in [0.05, 0.1) is 6.07 Å². The number of nitriles is 1. The Hall–Kier alpha value is -1.37. The van der Waals surface area contributed by atoms with E-state index in [4.69, 9.17) is 0 Å². The van der Waals surface area contributed by atoms with Gasteiger partial charge in [0, 0.05) is 19.1 Å². The first-order valence-electron chi connectivity index (χ1n) is 7.23. The number of hydrogen-bond donors (Lipinski definition) is 1. The summed E-state index contributed by atoms with van der Waals surface area (Å²) >= 11 is 0. The van der Waals surface area contributed by atoms with Gasteiger partial charge in [0.15, 0.2) is 0 Å². The number of rotatable bonds is 3. The zero-order valence-electron chi connectivity index (χ0n) is 11.5. The maximum Gasteiger partial charge on any atom is 0.108 e. The van der Waals surface area contributed by atoms with Crippen molar-refractivity contribution < 1.29 is 0 Å². The van der Waals surface area contributed by atoms with Gasteiger partial charge < -0.3 is 0 Å². The fourth-order valence-electron chi connectivity index (χ4n) is 3.59. The summed E-state index contributed by atoms with van der Waals surface area (Å²) in [7, 11) is 0. The minimum absolute atomic E-state index is 0.284. The fraction of sp³-hybridized carbons (Fsp3) is 0.562. The summed E-state index contributed by atoms with van der Waals surface area (Å²) in [6, 6.07) is 11.8. The Bertz CT molecular complexity index is 480. The Balaban J connectivity index is 1.69. The van der Waals surface area contributed by atoms with Crippen molar-refractivity contribution in [1.29, 1.82) is 5.26 Å². The van der Waals surface area contributed by atoms with Crippen molar-refractivity contribution in [3.8, 4) is 6.07 Å². The molecule has 1 heterocycles. The Morgan fingerprint density at radius 2 is 2.05 bits per heavy atom. The van der Waals surface area contributed by atoms with Gasteiger partial charge in [0.25, 0.3) is 0 Å². The lowest BCUT2D eigenvalue weighted by Crippen LogP contribution is -2.43. The Morgan fingerprint density at radius 1 is 1.37 bits per heavy atom. The summed E-state index contributed by atoms with van der Waals surface area (Å²) < 4.78 is 0. The molecule has 0 radical (unpaired) electrons. The van der Waals surface area contributed by atoms with E-state index in [2.05, 4.69) is 47.5 Å². The third kappa shape index (κ3) is 2.27. The van der Waals surface area contributed by atoms with Gasteiger partial charge >= 0.3 is 0 Å². The van der Waals surface area contributed by atoms with Gasteiger partial charge in [0.2, 0.25) is 0 Å². The van der Waals surface area contributed by atoms with Crippen LogP contribution in [-0.2, 0) is 13.1 Å². The third-order valence-corrected chi connectivity index (χ3v) is 4.60. The van der Waals surface area contributed by atoms with E-state index in [0.29, 0.717) is 6.04 Å². The van der Waals surface area contributed by atoms with Gasteiger partial charge in [-0.05, 0) is 36.9 Å². The molecule has 1 fully saturated rings. The molecule has 2 atom stereocenters. The van der Waals surface area contributed by atoms with Gasteiger partial charge in [-0.15, -0.1) is 0 Å². The molecule has 0 bridgehead atoms. The van der Waals surface area contributed by atoms with Crippen LogP contribution < -0.4 is 5.32 Å². The molecule has 2 unspecified atom stereocenters. The van der Waals surface area contributed by atoms with Gasteiger partial charge in [-0.2, -0.15) is 5.26 Å². The first kappa shape index (κ1) is 12.7. The van der Waals surface area contributed by atoms with Crippen LogP contribution in [0, 0.1) is 11.3 Å². The summed E-state index contributed by atoms with van der Waals surface area (Å²) in [5.41, 5.74) is 2.63. The highest BCUT2D eigenvalue weighted by Gasteiger charge is 2.42. The van der Waals surface area contributed by atoms with Crippen LogP contribution in [0.15, 0.2) is 24.3 Å². The summed E-state index contributed by atoms with van der Waals surface area (Å²) in [4.78, 5) is 2.54. The molecule has 0 amide bonds. The largest absolute Gasteiger partial charge is 0.300 e. The first-order chi connectivity index (χ1) is 9.26. The number of hydrogen-bond acceptors (Lipinski definition) is 3. The van der Waals surface area contributed by atoms with Crippen LogP contribution in [0.2, 0.25) is 0 Å². The second-order valence-corrected chi connectivity index (χ2v) is 5.79. The van der Waals surface area contributed by atoms with Crippen molar-refractivity contribution >= 4 is 0 Å². The smallest absolute Gasteiger partial charge is 0.108 e. The van der Waals surface area contributed by atoms with Crippen LogP contribution in [0.4, 0.5) is 0 Å². The zero-order valence-corrected chi connectivity index (χ0v) is 11.5. The molecule has 2 aliphatic rings. The normalized spacial score (nSPS) is 30.2. The molecule has 1 aliphatic carbocycles. The maximum absolute atomic E-state index is 9.45. The molecule has 3 nitrogen and oxygen atoms in total. The molecule has 1 saturated carbocycles. The highest BCUT2D eigenvalue weighted by Crippen LogP contribution is 2.36. The minimum atomic E-state index is -0.284. The molecule has 100 valence electrons. The van der Waals surface area contributed by atoms with E-state index in [0.717, 1.165) is 38.9 Å². The number of nitrogens with one attached hydrogen (secondary N) is 1. The van der Waals surface area contributed by atoms with E-state index in [1.807, 2.05) is 0 Å². The van der Waals surface area contributed by atoms with Gasteiger partial charge in [-0.3, -0.25) is 10.2 Å². The topological polar surface area (TPSA) is 39.1 Å². The van der Waals surface area contributed by atoms with Crippen LogP contribution in [0.5, 0.6) is 0 Å². The molecule has 3 rings (SSSR count). The molecule has 1 aromatic rings. The van der Waals surface area contributed by atoms with Crippen LogP contribution in [0.3, 0.4) is 0 Å². The van der Waals surface area contributed by atoms with Crippen molar-refractivity contribution in [1.82, 2.24) is 10.2 Å². The predicted octanol–water partition coefficient (Wildman–Crippen LogP) is 2.43. The molecular formula is C16H21N3. The molecule has 1 aliphatic heterocycles. The number of fused-ring (bicyclic) bond motifs is 1. The average molecular weight is 255 g/mol. The van der Waals surface area contributed by atoms with Gasteiger partial charge in [0.1, 0.15) is 5.54 Å². The molecule has 0 spiro atoms. The van der Waals surface area contributed by atoms with Crippen molar-refractivity contribution in [2.75, 3.05) is 6.54 Å². The summed E-state index contributed by atoms with van der Waals surface area (Å²) in [6.07, 6.45) is 3.08. The average Bonchev–Trinajstić information content (AvgIpc) is 3.03. The summed E-state index contributed by atoms with van der Waals surface area (Å²) in [5.74, 6) is 0. The molecule has 0 aromatic heterocycles. The fourth-order valence-corrected chi connectivity index (χ4v) is 3.59. The van der Waals surface area contributed by atoms with E-state index in [9.17, 15) is 5.26 Å². The van der Waals surface area contributed by atoms with E-state index < -0.39 is 0 Å². The Morgan fingerprint density at radius 3 is 2.63 bits per heavy atom. The highest BCUT2D eigenvalue weighted by atomic mass is 15.2. The predicted molar refractivity (Wildman–Crippen MR) is 75.3 cm³/mol.